The third-order valence-corrected chi connectivity index (χ3v) is 5.57. The van der Waals surface area contributed by atoms with Crippen molar-refractivity contribution >= 4 is 6.09 Å². The Hall–Kier alpha value is -2.54. The molecule has 0 fully saturated rings. The highest BCUT2D eigenvalue weighted by Gasteiger charge is 2.39. The van der Waals surface area contributed by atoms with Crippen LogP contribution in [0.4, 0.5) is 4.79 Å². The molecule has 0 saturated carbocycles. The Bertz CT molecular complexity index is 912. The summed E-state index contributed by atoms with van der Waals surface area (Å²) in [4.78, 5) is 14.7. The second-order valence-corrected chi connectivity index (χ2v) is 9.32. The molecular weight excluding hydrogens is 380 g/mol. The molecule has 4 rings (SSSR count). The maximum Gasteiger partial charge on any atom is 0.410 e. The van der Waals surface area contributed by atoms with Gasteiger partial charge in [0.1, 0.15) is 12.2 Å². The molecular formula is C23H32N4O3. The van der Waals surface area contributed by atoms with Crippen molar-refractivity contribution in [3.05, 3.63) is 41.1 Å². The fourth-order valence-corrected chi connectivity index (χ4v) is 4.09. The Morgan fingerprint density at radius 3 is 2.67 bits per heavy atom. The minimum atomic E-state index is -0.534. The zero-order valence-electron chi connectivity index (χ0n) is 18.6. The Kier molecular flexibility index (Phi) is 5.49. The van der Waals surface area contributed by atoms with E-state index < -0.39 is 5.60 Å². The minimum absolute atomic E-state index is 0.164. The van der Waals surface area contributed by atoms with Crippen LogP contribution in [0.15, 0.2) is 24.3 Å². The third-order valence-electron chi connectivity index (χ3n) is 5.57. The second-order valence-electron chi connectivity index (χ2n) is 9.32. The second kappa shape index (κ2) is 7.95. The van der Waals surface area contributed by atoms with E-state index in [1.165, 1.54) is 5.56 Å². The lowest BCUT2D eigenvalue weighted by atomic mass is 9.98. The third kappa shape index (κ3) is 4.03. The maximum absolute atomic E-state index is 12.9. The van der Waals surface area contributed by atoms with Gasteiger partial charge >= 0.3 is 6.09 Å². The molecule has 1 atom stereocenters. The van der Waals surface area contributed by atoms with E-state index in [0.717, 1.165) is 16.9 Å². The van der Waals surface area contributed by atoms with Gasteiger partial charge in [0, 0.05) is 26.1 Å². The van der Waals surface area contributed by atoms with Gasteiger partial charge < -0.3 is 14.8 Å². The number of hydrogen-bond donors (Lipinski definition) is 1. The smallest absolute Gasteiger partial charge is 0.410 e. The topological polar surface area (TPSA) is 68.6 Å². The molecule has 162 valence electrons. The summed E-state index contributed by atoms with van der Waals surface area (Å²) in [6, 6.07) is 8.37. The van der Waals surface area contributed by atoms with Crippen LogP contribution in [0.5, 0.6) is 5.88 Å². The van der Waals surface area contributed by atoms with Crippen molar-refractivity contribution in [2.75, 3.05) is 26.2 Å². The Balaban J connectivity index is 1.73. The van der Waals surface area contributed by atoms with E-state index in [1.807, 2.05) is 30.4 Å². The monoisotopic (exact) mass is 412 g/mol. The molecule has 0 spiro atoms. The fourth-order valence-electron chi connectivity index (χ4n) is 4.09. The largest absolute Gasteiger partial charge is 0.475 e. The van der Waals surface area contributed by atoms with Crippen molar-refractivity contribution < 1.29 is 14.3 Å². The van der Waals surface area contributed by atoms with E-state index in [1.54, 1.807) is 0 Å². The van der Waals surface area contributed by atoms with Crippen molar-refractivity contribution in [1.29, 1.82) is 0 Å². The molecule has 0 bridgehead atoms. The maximum atomic E-state index is 12.9. The van der Waals surface area contributed by atoms with Crippen LogP contribution in [0.1, 0.15) is 63.4 Å². The van der Waals surface area contributed by atoms with E-state index in [9.17, 15) is 4.79 Å². The summed E-state index contributed by atoms with van der Waals surface area (Å²) >= 11 is 0. The van der Waals surface area contributed by atoms with E-state index in [2.05, 4.69) is 43.4 Å². The molecule has 1 unspecified atom stereocenters. The summed E-state index contributed by atoms with van der Waals surface area (Å²) in [6.45, 7) is 12.6. The van der Waals surface area contributed by atoms with Gasteiger partial charge in [-0.1, -0.05) is 26.0 Å². The lowest BCUT2D eigenvalue weighted by Crippen LogP contribution is -2.47. The Morgan fingerprint density at radius 1 is 1.27 bits per heavy atom. The molecule has 2 aromatic rings. The lowest BCUT2D eigenvalue weighted by molar-refractivity contribution is 0.0133. The molecule has 7 nitrogen and oxygen atoms in total. The van der Waals surface area contributed by atoms with E-state index >= 15 is 0 Å². The van der Waals surface area contributed by atoms with Crippen LogP contribution in [0, 0.1) is 0 Å². The summed E-state index contributed by atoms with van der Waals surface area (Å²) in [6.07, 6.45) is 0.411. The zero-order chi connectivity index (χ0) is 21.5. The van der Waals surface area contributed by atoms with Gasteiger partial charge in [-0.05, 0) is 44.4 Å². The number of nitrogens with one attached hydrogen (secondary N) is 1. The first-order chi connectivity index (χ1) is 14.2. The highest BCUT2D eigenvalue weighted by atomic mass is 16.6. The summed E-state index contributed by atoms with van der Waals surface area (Å²) in [5.74, 6) is 1.11. The van der Waals surface area contributed by atoms with Crippen molar-refractivity contribution in [2.45, 2.75) is 58.6 Å². The van der Waals surface area contributed by atoms with Crippen molar-refractivity contribution in [3.63, 3.8) is 0 Å². The van der Waals surface area contributed by atoms with Gasteiger partial charge in [0.2, 0.25) is 5.88 Å². The normalized spacial score (nSPS) is 19.0. The molecule has 1 aromatic heterocycles. The molecule has 1 aromatic carbocycles. The van der Waals surface area contributed by atoms with Crippen molar-refractivity contribution in [2.24, 2.45) is 0 Å². The molecule has 7 heteroatoms. The standard InChI is InChI=1S/C23H32N4O3/c1-15(2)16-6-8-17(9-7-16)27-18-10-12-26(22(28)30-23(3,4)5)19-14-24-11-13-29-21(25-27)20(18)19/h6-9,15,19,24H,10-14H2,1-5H3. The number of rotatable bonds is 2. The summed E-state index contributed by atoms with van der Waals surface area (Å²) in [5, 5.41) is 8.21. The van der Waals surface area contributed by atoms with Gasteiger partial charge in [-0.3, -0.25) is 4.90 Å². The Morgan fingerprint density at radius 2 is 2.00 bits per heavy atom. The fraction of sp³-hybridized carbons (Fsp3) is 0.565. The van der Waals surface area contributed by atoms with Crippen LogP contribution >= 0.6 is 0 Å². The van der Waals surface area contributed by atoms with Crippen LogP contribution in [-0.4, -0.2) is 52.6 Å². The lowest BCUT2D eigenvalue weighted by Gasteiger charge is -2.37. The SMILES string of the molecule is CC(C)c1ccc(-n2nc3c4c2CCN(C(=O)OC(C)(C)C)C4CNCCO3)cc1. The number of ether oxygens (including phenoxy) is 2. The van der Waals surface area contributed by atoms with Gasteiger partial charge in [-0.15, -0.1) is 5.10 Å². The van der Waals surface area contributed by atoms with Gasteiger partial charge in [0.15, 0.2) is 0 Å². The molecule has 0 aliphatic carbocycles. The van der Waals surface area contributed by atoms with Crippen LogP contribution in [0.3, 0.4) is 0 Å². The van der Waals surface area contributed by atoms with Gasteiger partial charge in [0.05, 0.1) is 23.0 Å². The van der Waals surface area contributed by atoms with E-state index in [-0.39, 0.29) is 12.1 Å². The molecule has 2 aliphatic rings. The van der Waals surface area contributed by atoms with Gasteiger partial charge in [0.25, 0.3) is 0 Å². The molecule has 1 N–H and O–H groups in total. The highest BCUT2D eigenvalue weighted by Crippen LogP contribution is 2.38. The molecule has 3 heterocycles. The summed E-state index contributed by atoms with van der Waals surface area (Å²) < 4.78 is 13.7. The van der Waals surface area contributed by atoms with Crippen molar-refractivity contribution in [3.8, 4) is 11.6 Å². The van der Waals surface area contributed by atoms with Crippen molar-refractivity contribution in [1.82, 2.24) is 20.0 Å². The zero-order valence-corrected chi connectivity index (χ0v) is 18.6. The summed E-state index contributed by atoms with van der Waals surface area (Å²) in [7, 11) is 0. The van der Waals surface area contributed by atoms with Gasteiger partial charge in [-0.2, -0.15) is 0 Å². The predicted molar refractivity (Wildman–Crippen MR) is 115 cm³/mol. The Labute approximate surface area is 178 Å². The van der Waals surface area contributed by atoms with Crippen LogP contribution < -0.4 is 10.1 Å². The van der Waals surface area contributed by atoms with Gasteiger partial charge in [-0.25, -0.2) is 9.48 Å². The molecule has 30 heavy (non-hydrogen) atoms. The number of aromatic nitrogens is 2. The molecule has 0 saturated heterocycles. The molecule has 0 radical (unpaired) electrons. The van der Waals surface area contributed by atoms with Crippen LogP contribution in [0.25, 0.3) is 5.69 Å². The number of carbonyl (C=O) groups excluding carboxylic acids is 1. The quantitative estimate of drug-likeness (QED) is 0.812. The van der Waals surface area contributed by atoms with Crippen LogP contribution in [-0.2, 0) is 11.2 Å². The molecule has 2 aliphatic heterocycles. The highest BCUT2D eigenvalue weighted by molar-refractivity contribution is 5.70. The molecule has 1 amide bonds. The average Bonchev–Trinajstić information content (AvgIpc) is 3.03. The van der Waals surface area contributed by atoms with E-state index in [0.29, 0.717) is 44.5 Å². The van der Waals surface area contributed by atoms with E-state index in [4.69, 9.17) is 14.6 Å². The number of amides is 1. The van der Waals surface area contributed by atoms with Crippen LogP contribution in [0.2, 0.25) is 0 Å². The number of nitrogens with zero attached hydrogens (tertiary/aromatic N) is 3. The summed E-state index contributed by atoms with van der Waals surface area (Å²) in [5.41, 5.74) is 3.88. The first-order valence-electron chi connectivity index (χ1n) is 10.8. The first-order valence-corrected chi connectivity index (χ1v) is 10.8. The minimum Gasteiger partial charge on any atom is -0.475 e. The number of benzene rings is 1. The number of carbonyl (C=O) groups is 1. The first kappa shape index (κ1) is 20.7. The predicted octanol–water partition coefficient (Wildman–Crippen LogP) is 3.81. The average molecular weight is 413 g/mol. The number of hydrogen-bond acceptors (Lipinski definition) is 5.